The predicted octanol–water partition coefficient (Wildman–Crippen LogP) is 4.91. The Morgan fingerprint density at radius 3 is 2.43 bits per heavy atom. The van der Waals surface area contributed by atoms with Crippen molar-refractivity contribution in [1.82, 2.24) is 9.29 Å². The number of hydrogen-bond acceptors (Lipinski definition) is 6. The second-order valence-corrected chi connectivity index (χ2v) is 12.3. The third-order valence-corrected chi connectivity index (χ3v) is 10.00. The molecule has 2 saturated heterocycles. The first-order valence-corrected chi connectivity index (χ1v) is 14.5. The molecule has 1 atom stereocenters. The van der Waals surface area contributed by atoms with Crippen LogP contribution in [0.4, 0.5) is 5.13 Å². The highest BCUT2D eigenvalue weighted by atomic mass is 32.2. The van der Waals surface area contributed by atoms with Crippen LogP contribution in [-0.4, -0.2) is 56.0 Å². The van der Waals surface area contributed by atoms with Gasteiger partial charge in [0.1, 0.15) is 0 Å². The number of rotatable bonds is 6. The van der Waals surface area contributed by atoms with Crippen molar-refractivity contribution in [2.24, 2.45) is 0 Å². The zero-order chi connectivity index (χ0) is 24.6. The summed E-state index contributed by atoms with van der Waals surface area (Å²) in [4.78, 5) is 20.5. The zero-order valence-corrected chi connectivity index (χ0v) is 21.8. The lowest BCUT2D eigenvalue weighted by Gasteiger charge is -2.26. The first kappa shape index (κ1) is 24.4. The zero-order valence-electron chi connectivity index (χ0n) is 20.2. The highest BCUT2D eigenvalue weighted by molar-refractivity contribution is 7.89. The average Bonchev–Trinajstić information content (AvgIpc) is 3.56. The Labute approximate surface area is 210 Å². The molecule has 1 unspecified atom stereocenters. The van der Waals surface area contributed by atoms with Crippen molar-refractivity contribution in [2.45, 2.75) is 57.0 Å². The van der Waals surface area contributed by atoms with Gasteiger partial charge in [0.2, 0.25) is 10.0 Å². The third-order valence-electron chi connectivity index (χ3n) is 6.87. The first-order chi connectivity index (χ1) is 16.8. The number of piperidine rings is 1. The molecule has 2 fully saturated rings. The van der Waals surface area contributed by atoms with Gasteiger partial charge in [-0.1, -0.05) is 29.9 Å². The first-order valence-electron chi connectivity index (χ1n) is 12.2. The Kier molecular flexibility index (Phi) is 6.94. The van der Waals surface area contributed by atoms with E-state index in [2.05, 4.69) is 19.1 Å². The van der Waals surface area contributed by atoms with E-state index in [4.69, 9.17) is 9.72 Å². The second-order valence-electron chi connectivity index (χ2n) is 9.41. The highest BCUT2D eigenvalue weighted by Crippen LogP contribution is 2.34. The Bertz CT molecular complexity index is 1280. The SMILES string of the molecule is Cc1ccc(C)c2sc(N(CC3CCCO3)C(=O)c3ccc(S(=O)(=O)N4CCCCC4)cc3)nc12. The molecular weight excluding hydrogens is 482 g/mol. The van der Waals surface area contributed by atoms with Gasteiger partial charge in [-0.05, 0) is 74.9 Å². The molecule has 2 aliphatic heterocycles. The predicted molar refractivity (Wildman–Crippen MR) is 139 cm³/mol. The highest BCUT2D eigenvalue weighted by Gasteiger charge is 2.29. The topological polar surface area (TPSA) is 79.8 Å². The van der Waals surface area contributed by atoms with Crippen LogP contribution in [0.25, 0.3) is 10.2 Å². The maximum atomic E-state index is 13.7. The van der Waals surface area contributed by atoms with Crippen LogP contribution < -0.4 is 4.90 Å². The molecular formula is C26H31N3O4S2. The summed E-state index contributed by atoms with van der Waals surface area (Å²) in [5.41, 5.74) is 3.56. The molecule has 2 aromatic carbocycles. The number of aromatic nitrogens is 1. The number of aryl methyl sites for hydroxylation is 2. The molecule has 7 nitrogen and oxygen atoms in total. The summed E-state index contributed by atoms with van der Waals surface area (Å²) in [7, 11) is -3.54. The number of amides is 1. The third kappa shape index (κ3) is 4.87. The summed E-state index contributed by atoms with van der Waals surface area (Å²) in [6.45, 7) is 6.30. The average molecular weight is 514 g/mol. The lowest BCUT2D eigenvalue weighted by atomic mass is 10.1. The molecule has 0 radical (unpaired) electrons. The van der Waals surface area contributed by atoms with Gasteiger partial charge in [-0.2, -0.15) is 4.31 Å². The van der Waals surface area contributed by atoms with E-state index in [1.54, 1.807) is 33.5 Å². The number of ether oxygens (including phenoxy) is 1. The molecule has 0 aliphatic carbocycles. The molecule has 3 aromatic rings. The number of thiazole rings is 1. The van der Waals surface area contributed by atoms with Gasteiger partial charge in [-0.15, -0.1) is 0 Å². The van der Waals surface area contributed by atoms with Crippen LogP contribution in [0.5, 0.6) is 0 Å². The van der Waals surface area contributed by atoms with Crippen LogP contribution in [0, 0.1) is 13.8 Å². The van der Waals surface area contributed by atoms with Crippen LogP contribution in [0.3, 0.4) is 0 Å². The molecule has 9 heteroatoms. The van der Waals surface area contributed by atoms with E-state index in [1.807, 2.05) is 6.92 Å². The van der Waals surface area contributed by atoms with Crippen LogP contribution in [-0.2, 0) is 14.8 Å². The van der Waals surface area contributed by atoms with Crippen molar-refractivity contribution < 1.29 is 17.9 Å². The van der Waals surface area contributed by atoms with Crippen molar-refractivity contribution in [2.75, 3.05) is 31.1 Å². The maximum Gasteiger partial charge on any atom is 0.260 e. The molecule has 3 heterocycles. The largest absolute Gasteiger partial charge is 0.376 e. The lowest BCUT2D eigenvalue weighted by molar-refractivity contribution is 0.0917. The number of anilines is 1. The van der Waals surface area contributed by atoms with Crippen molar-refractivity contribution in [1.29, 1.82) is 0 Å². The summed E-state index contributed by atoms with van der Waals surface area (Å²) in [6.07, 6.45) is 4.68. The summed E-state index contributed by atoms with van der Waals surface area (Å²) in [6, 6.07) is 10.5. The van der Waals surface area contributed by atoms with Crippen molar-refractivity contribution in [3.8, 4) is 0 Å². The summed E-state index contributed by atoms with van der Waals surface area (Å²) in [5, 5.41) is 0.642. The minimum absolute atomic E-state index is 0.0353. The van der Waals surface area contributed by atoms with E-state index < -0.39 is 10.0 Å². The van der Waals surface area contributed by atoms with E-state index in [9.17, 15) is 13.2 Å². The monoisotopic (exact) mass is 513 g/mol. The molecule has 35 heavy (non-hydrogen) atoms. The van der Waals surface area contributed by atoms with Crippen molar-refractivity contribution in [3.63, 3.8) is 0 Å². The lowest BCUT2D eigenvalue weighted by Crippen LogP contribution is -2.37. The van der Waals surface area contributed by atoms with Gasteiger partial charge in [0, 0.05) is 25.3 Å². The maximum absolute atomic E-state index is 13.7. The van der Waals surface area contributed by atoms with Gasteiger partial charge in [0.15, 0.2) is 5.13 Å². The smallest absolute Gasteiger partial charge is 0.260 e. The molecule has 0 spiro atoms. The summed E-state index contributed by atoms with van der Waals surface area (Å²) >= 11 is 1.51. The molecule has 0 bridgehead atoms. The van der Waals surface area contributed by atoms with Crippen LogP contribution >= 0.6 is 11.3 Å². The van der Waals surface area contributed by atoms with E-state index in [0.29, 0.717) is 36.9 Å². The summed E-state index contributed by atoms with van der Waals surface area (Å²) in [5.74, 6) is -0.197. The Hall–Kier alpha value is -2.33. The molecule has 1 amide bonds. The Balaban J connectivity index is 1.46. The normalized spacial score (nSPS) is 19.3. The van der Waals surface area contributed by atoms with Crippen molar-refractivity contribution in [3.05, 3.63) is 53.1 Å². The van der Waals surface area contributed by atoms with Crippen LogP contribution in [0.2, 0.25) is 0 Å². The molecule has 2 aliphatic rings. The molecule has 186 valence electrons. The quantitative estimate of drug-likeness (QED) is 0.468. The standard InChI is InChI=1S/C26H31N3O4S2/c1-18-8-9-19(2)24-23(18)27-26(34-24)29(17-21-7-6-16-33-21)25(30)20-10-12-22(13-11-20)35(31,32)28-14-4-3-5-15-28/h8-13,21H,3-7,14-17H2,1-2H3. The fourth-order valence-electron chi connectivity index (χ4n) is 4.78. The Morgan fingerprint density at radius 2 is 1.77 bits per heavy atom. The molecule has 0 N–H and O–H groups in total. The molecule has 5 rings (SSSR count). The minimum atomic E-state index is -3.54. The number of nitrogens with zero attached hydrogens (tertiary/aromatic N) is 3. The van der Waals surface area contributed by atoms with E-state index in [-0.39, 0.29) is 16.9 Å². The van der Waals surface area contributed by atoms with Gasteiger partial charge in [0.25, 0.3) is 5.91 Å². The van der Waals surface area contributed by atoms with E-state index in [1.165, 1.54) is 11.3 Å². The molecule has 1 aromatic heterocycles. The van der Waals surface area contributed by atoms with Gasteiger partial charge in [-0.3, -0.25) is 9.69 Å². The van der Waals surface area contributed by atoms with Gasteiger partial charge in [0.05, 0.1) is 27.8 Å². The fourth-order valence-corrected chi connectivity index (χ4v) is 7.42. The molecule has 0 saturated carbocycles. The van der Waals surface area contributed by atoms with Gasteiger partial charge >= 0.3 is 0 Å². The number of hydrogen-bond donors (Lipinski definition) is 0. The van der Waals surface area contributed by atoms with Gasteiger partial charge in [-0.25, -0.2) is 13.4 Å². The number of fused-ring (bicyclic) bond motifs is 1. The number of carbonyl (C=O) groups excluding carboxylic acids is 1. The van der Waals surface area contributed by atoms with Crippen molar-refractivity contribution >= 4 is 42.6 Å². The minimum Gasteiger partial charge on any atom is -0.376 e. The van der Waals surface area contributed by atoms with E-state index in [0.717, 1.165) is 53.4 Å². The van der Waals surface area contributed by atoms with Crippen LogP contribution in [0.15, 0.2) is 41.3 Å². The number of carbonyl (C=O) groups is 1. The second kappa shape index (κ2) is 9.97. The van der Waals surface area contributed by atoms with Crippen LogP contribution in [0.1, 0.15) is 53.6 Å². The number of sulfonamides is 1. The van der Waals surface area contributed by atoms with E-state index >= 15 is 0 Å². The summed E-state index contributed by atoms with van der Waals surface area (Å²) < 4.78 is 34.5. The van der Waals surface area contributed by atoms with Gasteiger partial charge < -0.3 is 4.74 Å². The number of benzene rings is 2. The fraction of sp³-hybridized carbons (Fsp3) is 0.462. The Morgan fingerprint density at radius 1 is 1.06 bits per heavy atom.